The van der Waals surface area contributed by atoms with Gasteiger partial charge >= 0.3 is 0 Å². The number of carbonyl (C=O) groups is 1. The molecule has 20 heavy (non-hydrogen) atoms. The molecule has 2 rings (SSSR count). The highest BCUT2D eigenvalue weighted by Gasteiger charge is 2.16. The van der Waals surface area contributed by atoms with Crippen molar-refractivity contribution in [1.82, 2.24) is 0 Å². The lowest BCUT2D eigenvalue weighted by Crippen LogP contribution is -2.07. The molecule has 0 aliphatic heterocycles. The Morgan fingerprint density at radius 3 is 2.40 bits per heavy atom. The summed E-state index contributed by atoms with van der Waals surface area (Å²) in [6.07, 6.45) is 1.77. The number of hydrogen-bond donors (Lipinski definition) is 0. The molecule has 0 bridgehead atoms. The number of rotatable bonds is 4. The van der Waals surface area contributed by atoms with Crippen LogP contribution in [0.15, 0.2) is 40.9 Å². The van der Waals surface area contributed by atoms with E-state index >= 15 is 0 Å². The number of ketones is 1. The number of aryl methyl sites for hydroxylation is 2. The summed E-state index contributed by atoms with van der Waals surface area (Å²) in [5.74, 6) is 0.0423. The van der Waals surface area contributed by atoms with Crippen LogP contribution < -0.4 is 0 Å². The molecule has 2 aromatic rings. The second-order valence-electron chi connectivity index (χ2n) is 4.65. The lowest BCUT2D eigenvalue weighted by atomic mass is 9.94. The molecule has 0 unspecified atom stereocenters. The summed E-state index contributed by atoms with van der Waals surface area (Å²) >= 11 is 9.35. The van der Waals surface area contributed by atoms with Crippen LogP contribution in [0, 0.1) is 0 Å². The molecule has 0 N–H and O–H groups in total. The molecule has 1 nitrogen and oxygen atoms in total. The molecule has 0 aliphatic carbocycles. The Balaban J connectivity index is 2.51. The standard InChI is InChI=1S/C17H16BrClO/c1-3-11-5-6-12(4-2)15(9-11)17(20)14-8-7-13(19)10-16(14)18/h5-10H,3-4H2,1-2H3. The minimum atomic E-state index is 0.0423. The minimum absolute atomic E-state index is 0.0423. The van der Waals surface area contributed by atoms with Crippen LogP contribution in [-0.4, -0.2) is 5.78 Å². The third kappa shape index (κ3) is 3.13. The fraction of sp³-hybridized carbons (Fsp3) is 0.235. The third-order valence-electron chi connectivity index (χ3n) is 3.38. The van der Waals surface area contributed by atoms with Crippen molar-refractivity contribution < 1.29 is 4.79 Å². The summed E-state index contributed by atoms with van der Waals surface area (Å²) in [4.78, 5) is 12.8. The first-order chi connectivity index (χ1) is 9.56. The zero-order chi connectivity index (χ0) is 14.7. The van der Waals surface area contributed by atoms with Gasteiger partial charge in [-0.15, -0.1) is 0 Å². The van der Waals surface area contributed by atoms with Crippen molar-refractivity contribution in [3.05, 3.63) is 68.1 Å². The van der Waals surface area contributed by atoms with Gasteiger partial charge in [0.05, 0.1) is 0 Å². The predicted molar refractivity (Wildman–Crippen MR) is 87.8 cm³/mol. The third-order valence-corrected chi connectivity index (χ3v) is 4.27. The smallest absolute Gasteiger partial charge is 0.194 e. The molecule has 0 atom stereocenters. The van der Waals surface area contributed by atoms with Gasteiger partial charge in [0, 0.05) is 20.6 Å². The minimum Gasteiger partial charge on any atom is -0.289 e. The van der Waals surface area contributed by atoms with Crippen LogP contribution >= 0.6 is 27.5 Å². The molecule has 0 saturated heterocycles. The highest BCUT2D eigenvalue weighted by molar-refractivity contribution is 9.10. The topological polar surface area (TPSA) is 17.1 Å². The maximum Gasteiger partial charge on any atom is 0.194 e. The molecule has 0 fully saturated rings. The van der Waals surface area contributed by atoms with Crippen molar-refractivity contribution in [2.75, 3.05) is 0 Å². The van der Waals surface area contributed by atoms with Crippen LogP contribution in [0.3, 0.4) is 0 Å². The zero-order valence-corrected chi connectivity index (χ0v) is 13.9. The molecule has 0 amide bonds. The summed E-state index contributed by atoms with van der Waals surface area (Å²) in [6.45, 7) is 4.15. The lowest BCUT2D eigenvalue weighted by molar-refractivity contribution is 0.103. The van der Waals surface area contributed by atoms with Crippen LogP contribution in [0.2, 0.25) is 5.02 Å². The first-order valence-corrected chi connectivity index (χ1v) is 7.85. The molecular weight excluding hydrogens is 336 g/mol. The van der Waals surface area contributed by atoms with Crippen molar-refractivity contribution in [3.63, 3.8) is 0 Å². The van der Waals surface area contributed by atoms with Crippen molar-refractivity contribution in [2.45, 2.75) is 26.7 Å². The van der Waals surface area contributed by atoms with E-state index in [1.807, 2.05) is 6.07 Å². The van der Waals surface area contributed by atoms with Gasteiger partial charge in [0.1, 0.15) is 0 Å². The molecule has 0 heterocycles. The molecule has 0 aromatic heterocycles. The Morgan fingerprint density at radius 2 is 1.80 bits per heavy atom. The van der Waals surface area contributed by atoms with Crippen molar-refractivity contribution in [3.8, 4) is 0 Å². The SMILES string of the molecule is CCc1ccc(CC)c(C(=O)c2ccc(Cl)cc2Br)c1. The van der Waals surface area contributed by atoms with E-state index in [2.05, 4.69) is 41.9 Å². The van der Waals surface area contributed by atoms with Crippen LogP contribution in [0.4, 0.5) is 0 Å². The average Bonchev–Trinajstić information content (AvgIpc) is 2.46. The molecule has 3 heteroatoms. The predicted octanol–water partition coefficient (Wildman–Crippen LogP) is 5.46. The summed E-state index contributed by atoms with van der Waals surface area (Å²) in [5.41, 5.74) is 3.69. The van der Waals surface area contributed by atoms with E-state index < -0.39 is 0 Å². The normalized spacial score (nSPS) is 10.6. The van der Waals surface area contributed by atoms with Crippen LogP contribution in [0.25, 0.3) is 0 Å². The van der Waals surface area contributed by atoms with E-state index in [4.69, 9.17) is 11.6 Å². The molecular formula is C17H16BrClO. The van der Waals surface area contributed by atoms with Gasteiger partial charge < -0.3 is 0 Å². The van der Waals surface area contributed by atoms with E-state index in [0.29, 0.717) is 10.6 Å². The Hall–Kier alpha value is -1.12. The van der Waals surface area contributed by atoms with Crippen molar-refractivity contribution >= 4 is 33.3 Å². The average molecular weight is 352 g/mol. The maximum absolute atomic E-state index is 12.8. The summed E-state index contributed by atoms with van der Waals surface area (Å²) < 4.78 is 0.735. The van der Waals surface area contributed by atoms with Gasteiger partial charge in [-0.1, -0.05) is 37.6 Å². The van der Waals surface area contributed by atoms with Crippen molar-refractivity contribution in [1.29, 1.82) is 0 Å². The van der Waals surface area contributed by atoms with Crippen LogP contribution in [-0.2, 0) is 12.8 Å². The quantitative estimate of drug-likeness (QED) is 0.669. The second-order valence-corrected chi connectivity index (χ2v) is 5.94. The van der Waals surface area contributed by atoms with Gasteiger partial charge in [-0.25, -0.2) is 0 Å². The van der Waals surface area contributed by atoms with E-state index in [9.17, 15) is 4.79 Å². The Morgan fingerprint density at radius 1 is 1.05 bits per heavy atom. The largest absolute Gasteiger partial charge is 0.289 e. The second kappa shape index (κ2) is 6.55. The Bertz CT molecular complexity index is 649. The van der Waals surface area contributed by atoms with Gasteiger partial charge in [-0.2, -0.15) is 0 Å². The number of benzene rings is 2. The maximum atomic E-state index is 12.8. The highest BCUT2D eigenvalue weighted by Crippen LogP contribution is 2.26. The van der Waals surface area contributed by atoms with Gasteiger partial charge in [0.15, 0.2) is 5.78 Å². The van der Waals surface area contributed by atoms with Gasteiger partial charge in [-0.05, 0) is 64.2 Å². The monoisotopic (exact) mass is 350 g/mol. The molecule has 0 saturated carbocycles. The van der Waals surface area contributed by atoms with E-state index in [-0.39, 0.29) is 5.78 Å². The number of carbonyl (C=O) groups excluding carboxylic acids is 1. The fourth-order valence-electron chi connectivity index (χ4n) is 2.18. The fourth-order valence-corrected chi connectivity index (χ4v) is 3.04. The molecule has 0 radical (unpaired) electrons. The lowest BCUT2D eigenvalue weighted by Gasteiger charge is -2.10. The van der Waals surface area contributed by atoms with Gasteiger partial charge in [0.25, 0.3) is 0 Å². The van der Waals surface area contributed by atoms with Crippen LogP contribution in [0.5, 0.6) is 0 Å². The van der Waals surface area contributed by atoms with Gasteiger partial charge in [0.2, 0.25) is 0 Å². The summed E-state index contributed by atoms with van der Waals surface area (Å²) in [6, 6.07) is 11.4. The number of halogens is 2. The van der Waals surface area contributed by atoms with Crippen LogP contribution in [0.1, 0.15) is 40.9 Å². The van der Waals surface area contributed by atoms with Gasteiger partial charge in [-0.3, -0.25) is 4.79 Å². The zero-order valence-electron chi connectivity index (χ0n) is 11.5. The first kappa shape index (κ1) is 15.3. The number of hydrogen-bond acceptors (Lipinski definition) is 1. The highest BCUT2D eigenvalue weighted by atomic mass is 79.9. The Labute approximate surface area is 133 Å². The summed E-state index contributed by atoms with van der Waals surface area (Å²) in [5, 5.41) is 0.617. The molecule has 0 spiro atoms. The van der Waals surface area contributed by atoms with Crippen molar-refractivity contribution in [2.24, 2.45) is 0 Å². The van der Waals surface area contributed by atoms with E-state index in [1.165, 1.54) is 5.56 Å². The molecule has 104 valence electrons. The summed E-state index contributed by atoms with van der Waals surface area (Å²) in [7, 11) is 0. The molecule has 2 aromatic carbocycles. The Kier molecular flexibility index (Phi) is 5.00. The first-order valence-electron chi connectivity index (χ1n) is 6.68. The van der Waals surface area contributed by atoms with E-state index in [1.54, 1.807) is 18.2 Å². The molecule has 0 aliphatic rings. The van der Waals surface area contributed by atoms with E-state index in [0.717, 1.165) is 28.4 Å².